The maximum Gasteiger partial charge on any atom is 0.177 e. The first kappa shape index (κ1) is 13.5. The van der Waals surface area contributed by atoms with E-state index in [1.54, 1.807) is 0 Å². The second kappa shape index (κ2) is 6.21. The predicted molar refractivity (Wildman–Crippen MR) is 67.3 cm³/mol. The third-order valence-corrected chi connectivity index (χ3v) is 2.87. The maximum atomic E-state index is 5.66. The van der Waals surface area contributed by atoms with E-state index in [9.17, 15) is 0 Å². The van der Waals surface area contributed by atoms with Crippen LogP contribution in [0.2, 0.25) is 0 Å². The Balaban J connectivity index is 2.36. The van der Waals surface area contributed by atoms with Crippen molar-refractivity contribution in [2.24, 2.45) is 0 Å². The van der Waals surface area contributed by atoms with Gasteiger partial charge in [-0.25, -0.2) is 0 Å². The Morgan fingerprint density at radius 2 is 1.62 bits per heavy atom. The Morgan fingerprint density at radius 3 is 2.12 bits per heavy atom. The lowest BCUT2D eigenvalue weighted by Crippen LogP contribution is -2.13. The minimum absolute atomic E-state index is 0.142. The third kappa shape index (κ3) is 4.50. The van der Waals surface area contributed by atoms with Gasteiger partial charge >= 0.3 is 0 Å². The minimum atomic E-state index is -0.142. The van der Waals surface area contributed by atoms with Crippen molar-refractivity contribution >= 4 is 0 Å². The molecule has 0 aromatic carbocycles. The van der Waals surface area contributed by atoms with Crippen LogP contribution in [0.5, 0.6) is 0 Å². The first-order valence-electron chi connectivity index (χ1n) is 6.10. The lowest BCUT2D eigenvalue weighted by Gasteiger charge is -2.06. The highest BCUT2D eigenvalue weighted by Gasteiger charge is 2.27. The first-order chi connectivity index (χ1) is 7.49. The molecule has 0 saturated carbocycles. The summed E-state index contributed by atoms with van der Waals surface area (Å²) in [5.74, 6) is 0. The number of hydrogen-bond donors (Lipinski definition) is 0. The molecule has 1 aliphatic rings. The van der Waals surface area contributed by atoms with Crippen LogP contribution < -0.4 is 0 Å². The zero-order valence-electron chi connectivity index (χ0n) is 11.1. The van der Waals surface area contributed by atoms with Gasteiger partial charge in [-0.3, -0.25) is 0 Å². The summed E-state index contributed by atoms with van der Waals surface area (Å²) in [7, 11) is 0. The highest BCUT2D eigenvalue weighted by Crippen LogP contribution is 2.21. The molecule has 1 fully saturated rings. The molecule has 0 radical (unpaired) electrons. The lowest BCUT2D eigenvalue weighted by atomic mass is 10.1. The molecule has 92 valence electrons. The van der Waals surface area contributed by atoms with Gasteiger partial charge in [-0.1, -0.05) is 17.2 Å². The van der Waals surface area contributed by atoms with Gasteiger partial charge in [0.05, 0.1) is 12.2 Å². The summed E-state index contributed by atoms with van der Waals surface area (Å²) < 4.78 is 11.3. The van der Waals surface area contributed by atoms with Crippen LogP contribution in [0.15, 0.2) is 23.3 Å². The van der Waals surface area contributed by atoms with Crippen LogP contribution in [0.4, 0.5) is 0 Å². The smallest absolute Gasteiger partial charge is 0.177 e. The van der Waals surface area contributed by atoms with Crippen LogP contribution in [-0.2, 0) is 9.47 Å². The molecule has 0 aliphatic carbocycles. The predicted octanol–water partition coefficient (Wildman–Crippen LogP) is 3.83. The summed E-state index contributed by atoms with van der Waals surface area (Å²) in [5, 5.41) is 0. The Hall–Kier alpha value is -0.600. The Labute approximate surface area is 99.3 Å². The molecular formula is C14H24O2. The van der Waals surface area contributed by atoms with Gasteiger partial charge in [0.1, 0.15) is 0 Å². The topological polar surface area (TPSA) is 18.5 Å². The number of hydrogen-bond acceptors (Lipinski definition) is 2. The van der Waals surface area contributed by atoms with Crippen LogP contribution in [-0.4, -0.2) is 18.5 Å². The van der Waals surface area contributed by atoms with Gasteiger partial charge in [0.15, 0.2) is 6.29 Å². The average Bonchev–Trinajstić information content (AvgIpc) is 2.44. The van der Waals surface area contributed by atoms with Crippen molar-refractivity contribution in [2.75, 3.05) is 0 Å². The van der Waals surface area contributed by atoms with Gasteiger partial charge in [-0.2, -0.15) is 0 Å². The molecule has 0 aromatic rings. The quantitative estimate of drug-likeness (QED) is 0.676. The van der Waals surface area contributed by atoms with E-state index < -0.39 is 0 Å². The van der Waals surface area contributed by atoms with Crippen molar-refractivity contribution < 1.29 is 9.47 Å². The summed E-state index contributed by atoms with van der Waals surface area (Å²) in [6.45, 7) is 10.5. The molecule has 0 amide bonds. The largest absolute Gasteiger partial charge is 0.343 e. The fourth-order valence-corrected chi connectivity index (χ4v) is 1.66. The molecule has 0 spiro atoms. The second-order valence-electron chi connectivity index (χ2n) is 4.88. The van der Waals surface area contributed by atoms with Gasteiger partial charge in [-0.15, -0.1) is 0 Å². The van der Waals surface area contributed by atoms with Gasteiger partial charge in [0.25, 0.3) is 0 Å². The molecule has 16 heavy (non-hydrogen) atoms. The number of rotatable bonds is 4. The first-order valence-corrected chi connectivity index (χ1v) is 6.10. The van der Waals surface area contributed by atoms with E-state index in [4.69, 9.17) is 9.47 Å². The molecule has 2 atom stereocenters. The van der Waals surface area contributed by atoms with Gasteiger partial charge < -0.3 is 9.47 Å². The van der Waals surface area contributed by atoms with Crippen molar-refractivity contribution in [2.45, 2.75) is 66.0 Å². The van der Waals surface area contributed by atoms with Crippen molar-refractivity contribution in [3.8, 4) is 0 Å². The summed E-state index contributed by atoms with van der Waals surface area (Å²) in [6.07, 6.45) is 6.80. The third-order valence-electron chi connectivity index (χ3n) is 2.87. The number of allylic oxidation sites excluding steroid dienone is 3. The minimum Gasteiger partial charge on any atom is -0.343 e. The lowest BCUT2D eigenvalue weighted by molar-refractivity contribution is -0.0249. The van der Waals surface area contributed by atoms with Crippen LogP contribution in [0.3, 0.4) is 0 Å². The summed E-state index contributed by atoms with van der Waals surface area (Å²) in [4.78, 5) is 0. The fourth-order valence-electron chi connectivity index (χ4n) is 1.66. The van der Waals surface area contributed by atoms with Crippen molar-refractivity contribution in [1.29, 1.82) is 0 Å². The van der Waals surface area contributed by atoms with E-state index in [1.807, 2.05) is 0 Å². The molecule has 0 bridgehead atoms. The molecule has 1 rings (SSSR count). The molecule has 2 heteroatoms. The van der Waals surface area contributed by atoms with E-state index in [0.29, 0.717) is 0 Å². The van der Waals surface area contributed by atoms with Crippen LogP contribution in [0.1, 0.15) is 47.5 Å². The van der Waals surface area contributed by atoms with Crippen LogP contribution >= 0.6 is 0 Å². The van der Waals surface area contributed by atoms with E-state index in [1.165, 1.54) is 11.1 Å². The molecule has 1 heterocycles. The molecule has 1 aliphatic heterocycles. The van der Waals surface area contributed by atoms with Crippen LogP contribution in [0.25, 0.3) is 0 Å². The summed E-state index contributed by atoms with van der Waals surface area (Å²) in [6, 6.07) is 0. The fraction of sp³-hybridized carbons (Fsp3) is 0.714. The molecule has 0 aromatic heterocycles. The zero-order valence-corrected chi connectivity index (χ0v) is 11.1. The Bertz CT molecular complexity index is 264. The van der Waals surface area contributed by atoms with E-state index in [2.05, 4.69) is 46.8 Å². The van der Waals surface area contributed by atoms with Crippen molar-refractivity contribution in [3.05, 3.63) is 23.3 Å². The average molecular weight is 224 g/mol. The van der Waals surface area contributed by atoms with Crippen molar-refractivity contribution in [1.82, 2.24) is 0 Å². The molecule has 0 N–H and O–H groups in total. The van der Waals surface area contributed by atoms with Gasteiger partial charge in [0, 0.05) is 0 Å². The zero-order chi connectivity index (χ0) is 12.1. The van der Waals surface area contributed by atoms with E-state index >= 15 is 0 Å². The molecular weight excluding hydrogens is 200 g/mol. The Kier molecular flexibility index (Phi) is 5.23. The molecule has 2 nitrogen and oxygen atoms in total. The van der Waals surface area contributed by atoms with Gasteiger partial charge in [-0.05, 0) is 53.5 Å². The van der Waals surface area contributed by atoms with E-state index in [0.717, 1.165) is 12.8 Å². The van der Waals surface area contributed by atoms with Gasteiger partial charge in [0.2, 0.25) is 0 Å². The number of ether oxygens (including phenoxy) is 2. The normalized spacial score (nSPS) is 30.6. The SMILES string of the molecule is CC(C)=CCC/C(C)=C\C1OC(C)C(C)O1. The second-order valence-corrected chi connectivity index (χ2v) is 4.88. The molecule has 2 unspecified atom stereocenters. The highest BCUT2D eigenvalue weighted by molar-refractivity contribution is 5.04. The van der Waals surface area contributed by atoms with Crippen molar-refractivity contribution in [3.63, 3.8) is 0 Å². The monoisotopic (exact) mass is 224 g/mol. The van der Waals surface area contributed by atoms with Crippen LogP contribution in [0, 0.1) is 0 Å². The maximum absolute atomic E-state index is 5.66. The molecule has 1 saturated heterocycles. The Morgan fingerprint density at radius 1 is 1.06 bits per heavy atom. The summed E-state index contributed by atoms with van der Waals surface area (Å²) in [5.41, 5.74) is 2.72. The summed E-state index contributed by atoms with van der Waals surface area (Å²) >= 11 is 0. The highest BCUT2D eigenvalue weighted by atomic mass is 16.7. The standard InChI is InChI=1S/C14H24O2/c1-10(2)7-6-8-11(3)9-14-15-12(4)13(5)16-14/h7,9,12-14H,6,8H2,1-5H3/b11-9-. The van der Waals surface area contributed by atoms with E-state index in [-0.39, 0.29) is 18.5 Å².